The molecule has 100 valence electrons. The van der Waals surface area contributed by atoms with Gasteiger partial charge in [0.05, 0.1) is 17.0 Å². The van der Waals surface area contributed by atoms with E-state index in [1.54, 1.807) is 6.92 Å². The zero-order chi connectivity index (χ0) is 14.2. The van der Waals surface area contributed by atoms with Gasteiger partial charge in [-0.25, -0.2) is 4.79 Å². The van der Waals surface area contributed by atoms with Crippen molar-refractivity contribution in [2.75, 3.05) is 0 Å². The standard InChI is InChI=1S/C12H9F3N2O2/c1-6-4-9(17-10(6)11(18)19)8-3-2-7(5-16-8)12(13,14)15/h2-5,17H,1H3,(H,18,19). The molecule has 0 aliphatic heterocycles. The number of hydrogen-bond donors (Lipinski definition) is 2. The lowest BCUT2D eigenvalue weighted by Crippen LogP contribution is -2.05. The van der Waals surface area contributed by atoms with Crippen LogP contribution in [0.4, 0.5) is 13.2 Å². The molecule has 2 N–H and O–H groups in total. The number of hydrogen-bond acceptors (Lipinski definition) is 2. The fourth-order valence-corrected chi connectivity index (χ4v) is 1.64. The van der Waals surface area contributed by atoms with Crippen molar-refractivity contribution in [2.24, 2.45) is 0 Å². The zero-order valence-electron chi connectivity index (χ0n) is 9.75. The Balaban J connectivity index is 2.38. The van der Waals surface area contributed by atoms with E-state index in [1.807, 2.05) is 0 Å². The normalized spacial score (nSPS) is 11.6. The molecule has 0 aromatic carbocycles. The Morgan fingerprint density at radius 2 is 2.05 bits per heavy atom. The van der Waals surface area contributed by atoms with Gasteiger partial charge in [-0.15, -0.1) is 0 Å². The van der Waals surface area contributed by atoms with Crippen LogP contribution in [0.2, 0.25) is 0 Å². The highest BCUT2D eigenvalue weighted by atomic mass is 19.4. The van der Waals surface area contributed by atoms with Gasteiger partial charge in [-0.3, -0.25) is 4.98 Å². The summed E-state index contributed by atoms with van der Waals surface area (Å²) < 4.78 is 37.1. The molecule has 0 atom stereocenters. The van der Waals surface area contributed by atoms with E-state index in [1.165, 1.54) is 12.1 Å². The summed E-state index contributed by atoms with van der Waals surface area (Å²) in [5, 5.41) is 8.88. The Kier molecular flexibility index (Phi) is 3.05. The predicted octanol–water partition coefficient (Wildman–Crippen LogP) is 3.10. The Hall–Kier alpha value is -2.31. The molecule has 0 amide bonds. The van der Waals surface area contributed by atoms with E-state index < -0.39 is 17.7 Å². The highest BCUT2D eigenvalue weighted by Crippen LogP contribution is 2.29. The van der Waals surface area contributed by atoms with Crippen LogP contribution in [0.5, 0.6) is 0 Å². The largest absolute Gasteiger partial charge is 0.477 e. The molecule has 0 unspecified atom stereocenters. The van der Waals surface area contributed by atoms with Gasteiger partial charge in [0.2, 0.25) is 0 Å². The Morgan fingerprint density at radius 1 is 1.37 bits per heavy atom. The summed E-state index contributed by atoms with van der Waals surface area (Å²) in [4.78, 5) is 17.1. The molecule has 4 nitrogen and oxygen atoms in total. The summed E-state index contributed by atoms with van der Waals surface area (Å²) in [5.74, 6) is -1.13. The number of aromatic nitrogens is 2. The summed E-state index contributed by atoms with van der Waals surface area (Å²) in [5.41, 5.74) is 0.256. The summed E-state index contributed by atoms with van der Waals surface area (Å²) in [7, 11) is 0. The van der Waals surface area contributed by atoms with Crippen LogP contribution in [0.1, 0.15) is 21.6 Å². The van der Waals surface area contributed by atoms with E-state index in [0.717, 1.165) is 6.07 Å². The second-order valence-electron chi connectivity index (χ2n) is 3.98. The molecule has 0 aliphatic carbocycles. The predicted molar refractivity (Wildman–Crippen MR) is 60.7 cm³/mol. The maximum atomic E-state index is 12.4. The first kappa shape index (κ1) is 13.1. The van der Waals surface area contributed by atoms with Crippen molar-refractivity contribution in [2.45, 2.75) is 13.1 Å². The smallest absolute Gasteiger partial charge is 0.417 e. The molecule has 2 rings (SSSR count). The number of halogens is 3. The number of nitrogens with one attached hydrogen (secondary N) is 1. The summed E-state index contributed by atoms with van der Waals surface area (Å²) >= 11 is 0. The molecule has 0 saturated heterocycles. The van der Waals surface area contributed by atoms with Crippen LogP contribution in [-0.4, -0.2) is 21.0 Å². The molecule has 0 radical (unpaired) electrons. The number of aromatic amines is 1. The summed E-state index contributed by atoms with van der Waals surface area (Å²) in [6.45, 7) is 1.59. The molecule has 0 spiro atoms. The van der Waals surface area contributed by atoms with Gasteiger partial charge in [-0.2, -0.15) is 13.2 Å². The SMILES string of the molecule is Cc1cc(-c2ccc(C(F)(F)F)cn2)[nH]c1C(=O)O. The molecule has 0 bridgehead atoms. The van der Waals surface area contributed by atoms with Gasteiger partial charge in [-0.05, 0) is 30.7 Å². The van der Waals surface area contributed by atoms with Crippen LogP contribution in [0.15, 0.2) is 24.4 Å². The van der Waals surface area contributed by atoms with Crippen LogP contribution >= 0.6 is 0 Å². The lowest BCUT2D eigenvalue weighted by atomic mass is 10.2. The molecular weight excluding hydrogens is 261 g/mol. The Bertz CT molecular complexity index is 615. The van der Waals surface area contributed by atoms with Gasteiger partial charge in [0, 0.05) is 6.20 Å². The summed E-state index contributed by atoms with van der Waals surface area (Å²) in [6, 6.07) is 3.62. The number of carboxylic acids is 1. The average molecular weight is 270 g/mol. The van der Waals surface area contributed by atoms with Crippen molar-refractivity contribution in [1.29, 1.82) is 0 Å². The van der Waals surface area contributed by atoms with Crippen LogP contribution < -0.4 is 0 Å². The third-order valence-electron chi connectivity index (χ3n) is 2.60. The molecule has 2 aromatic heterocycles. The minimum Gasteiger partial charge on any atom is -0.477 e. The van der Waals surface area contributed by atoms with Gasteiger partial charge >= 0.3 is 12.1 Å². The van der Waals surface area contributed by atoms with Crippen molar-refractivity contribution in [3.8, 4) is 11.4 Å². The number of H-pyrrole nitrogens is 1. The minimum atomic E-state index is -4.44. The van der Waals surface area contributed by atoms with E-state index in [4.69, 9.17) is 5.11 Å². The van der Waals surface area contributed by atoms with Gasteiger partial charge in [0.15, 0.2) is 0 Å². The second kappa shape index (κ2) is 4.42. The molecule has 0 saturated carbocycles. The fourth-order valence-electron chi connectivity index (χ4n) is 1.64. The highest BCUT2D eigenvalue weighted by Gasteiger charge is 2.30. The molecule has 0 aliphatic rings. The van der Waals surface area contributed by atoms with Crippen LogP contribution in [0.25, 0.3) is 11.4 Å². The number of nitrogens with zero attached hydrogens (tertiary/aromatic N) is 1. The highest BCUT2D eigenvalue weighted by molar-refractivity contribution is 5.88. The van der Waals surface area contributed by atoms with Crippen molar-refractivity contribution in [3.63, 3.8) is 0 Å². The third kappa shape index (κ3) is 2.59. The first-order valence-corrected chi connectivity index (χ1v) is 5.25. The average Bonchev–Trinajstić information content (AvgIpc) is 2.70. The van der Waals surface area contributed by atoms with Gasteiger partial charge in [0.1, 0.15) is 5.69 Å². The first-order valence-electron chi connectivity index (χ1n) is 5.25. The third-order valence-corrected chi connectivity index (χ3v) is 2.60. The number of aryl methyl sites for hydroxylation is 1. The number of alkyl halides is 3. The number of carbonyl (C=O) groups is 1. The number of pyridine rings is 1. The molecule has 7 heteroatoms. The second-order valence-corrected chi connectivity index (χ2v) is 3.98. The quantitative estimate of drug-likeness (QED) is 0.881. The minimum absolute atomic E-state index is 0.00306. The maximum Gasteiger partial charge on any atom is 0.417 e. The van der Waals surface area contributed by atoms with Crippen molar-refractivity contribution in [3.05, 3.63) is 41.2 Å². The Morgan fingerprint density at radius 3 is 2.47 bits per heavy atom. The lowest BCUT2D eigenvalue weighted by molar-refractivity contribution is -0.137. The molecule has 19 heavy (non-hydrogen) atoms. The lowest BCUT2D eigenvalue weighted by Gasteiger charge is -2.06. The van der Waals surface area contributed by atoms with E-state index >= 15 is 0 Å². The monoisotopic (exact) mass is 270 g/mol. The van der Waals surface area contributed by atoms with E-state index in [2.05, 4.69) is 9.97 Å². The zero-order valence-corrected chi connectivity index (χ0v) is 9.75. The number of aromatic carboxylic acids is 1. The van der Waals surface area contributed by atoms with Crippen molar-refractivity contribution < 1.29 is 23.1 Å². The van der Waals surface area contributed by atoms with Gasteiger partial charge < -0.3 is 10.1 Å². The van der Waals surface area contributed by atoms with E-state index in [0.29, 0.717) is 17.5 Å². The van der Waals surface area contributed by atoms with E-state index in [-0.39, 0.29) is 11.4 Å². The number of rotatable bonds is 2. The molecule has 2 heterocycles. The van der Waals surface area contributed by atoms with Crippen LogP contribution in [0.3, 0.4) is 0 Å². The maximum absolute atomic E-state index is 12.4. The van der Waals surface area contributed by atoms with Crippen LogP contribution in [0, 0.1) is 6.92 Å². The summed E-state index contributed by atoms with van der Waals surface area (Å²) in [6.07, 6.45) is -3.73. The molecular formula is C12H9F3N2O2. The van der Waals surface area contributed by atoms with Crippen molar-refractivity contribution >= 4 is 5.97 Å². The first-order chi connectivity index (χ1) is 8.79. The van der Waals surface area contributed by atoms with Crippen LogP contribution in [-0.2, 0) is 6.18 Å². The topological polar surface area (TPSA) is 66.0 Å². The van der Waals surface area contributed by atoms with Crippen molar-refractivity contribution in [1.82, 2.24) is 9.97 Å². The van der Waals surface area contributed by atoms with E-state index in [9.17, 15) is 18.0 Å². The number of carboxylic acid groups (broad SMARTS) is 1. The fraction of sp³-hybridized carbons (Fsp3) is 0.167. The molecule has 2 aromatic rings. The molecule has 0 fully saturated rings. The van der Waals surface area contributed by atoms with Gasteiger partial charge in [-0.1, -0.05) is 0 Å². The van der Waals surface area contributed by atoms with Gasteiger partial charge in [0.25, 0.3) is 0 Å². The Labute approximate surface area is 105 Å².